The van der Waals surface area contributed by atoms with E-state index in [4.69, 9.17) is 4.74 Å². The Morgan fingerprint density at radius 3 is 2.63 bits per heavy atom. The molecule has 0 aliphatic rings. The molecule has 0 aliphatic heterocycles. The third-order valence-corrected chi connectivity index (χ3v) is 2.65. The summed E-state index contributed by atoms with van der Waals surface area (Å²) in [5.41, 5.74) is 1.15. The van der Waals surface area contributed by atoms with E-state index in [0.29, 0.717) is 17.9 Å². The van der Waals surface area contributed by atoms with Crippen molar-refractivity contribution in [3.63, 3.8) is 0 Å². The van der Waals surface area contributed by atoms with Crippen LogP contribution in [0.2, 0.25) is 0 Å². The Hall–Kier alpha value is -2.56. The second kappa shape index (κ2) is 5.39. The van der Waals surface area contributed by atoms with Crippen LogP contribution in [0.4, 0.5) is 5.69 Å². The highest BCUT2D eigenvalue weighted by Crippen LogP contribution is 2.32. The van der Waals surface area contributed by atoms with Crippen LogP contribution >= 0.6 is 0 Å². The molecule has 0 fully saturated rings. The molecule has 0 saturated heterocycles. The van der Waals surface area contributed by atoms with Gasteiger partial charge in [-0.3, -0.25) is 10.1 Å². The maximum atomic E-state index is 10.8. The lowest BCUT2D eigenvalue weighted by molar-refractivity contribution is -0.385. The number of phenolic OH excluding ortho intramolecular Hbond substituents is 1. The van der Waals surface area contributed by atoms with Crippen molar-refractivity contribution in [1.82, 2.24) is 0 Å². The molecule has 0 aromatic heterocycles. The molecule has 0 amide bonds. The first kappa shape index (κ1) is 12.9. The fraction of sp³-hybridized carbons (Fsp3) is 0.143. The predicted octanol–water partition coefficient (Wildman–Crippen LogP) is 3.37. The van der Waals surface area contributed by atoms with Crippen molar-refractivity contribution in [2.24, 2.45) is 0 Å². The Morgan fingerprint density at radius 2 is 1.95 bits per heavy atom. The maximum absolute atomic E-state index is 10.8. The van der Waals surface area contributed by atoms with Gasteiger partial charge >= 0.3 is 5.69 Å². The summed E-state index contributed by atoms with van der Waals surface area (Å²) >= 11 is 0. The summed E-state index contributed by atoms with van der Waals surface area (Å²) in [6, 6.07) is 11.6. The van der Waals surface area contributed by atoms with E-state index >= 15 is 0 Å². The summed E-state index contributed by atoms with van der Waals surface area (Å²) in [6.07, 6.45) is 0. The quantitative estimate of drug-likeness (QED) is 0.675. The number of nitro benzene ring substituents is 1. The Bertz CT molecular complexity index is 610. The Kier molecular flexibility index (Phi) is 3.66. The highest BCUT2D eigenvalue weighted by molar-refractivity contribution is 5.69. The summed E-state index contributed by atoms with van der Waals surface area (Å²) in [4.78, 5) is 10.2. The molecule has 0 aliphatic carbocycles. The lowest BCUT2D eigenvalue weighted by Crippen LogP contribution is -1.92. The number of nitro groups is 1. The van der Waals surface area contributed by atoms with Gasteiger partial charge in [-0.25, -0.2) is 0 Å². The van der Waals surface area contributed by atoms with E-state index < -0.39 is 4.92 Å². The number of hydrogen-bond acceptors (Lipinski definition) is 4. The number of benzene rings is 2. The van der Waals surface area contributed by atoms with Crippen LogP contribution in [0.25, 0.3) is 11.1 Å². The number of nitrogens with zero attached hydrogens (tertiary/aromatic N) is 1. The average Bonchev–Trinajstić information content (AvgIpc) is 2.39. The number of aromatic hydroxyl groups is 1. The number of rotatable bonds is 4. The topological polar surface area (TPSA) is 72.6 Å². The van der Waals surface area contributed by atoms with Crippen molar-refractivity contribution in [3.8, 4) is 22.6 Å². The molecule has 0 spiro atoms. The van der Waals surface area contributed by atoms with Crippen LogP contribution in [-0.2, 0) is 0 Å². The minimum atomic E-state index is -0.606. The van der Waals surface area contributed by atoms with Crippen molar-refractivity contribution < 1.29 is 14.8 Å². The van der Waals surface area contributed by atoms with E-state index in [1.54, 1.807) is 12.1 Å². The first-order valence-electron chi connectivity index (χ1n) is 5.82. The standard InChI is InChI=1S/C14H13NO4/c1-2-19-12-5-3-4-10(8-12)11-6-7-14(16)13(9-11)15(17)18/h3-9,16H,2H2,1H3. The van der Waals surface area contributed by atoms with E-state index in [1.807, 2.05) is 25.1 Å². The van der Waals surface area contributed by atoms with E-state index in [2.05, 4.69) is 0 Å². The van der Waals surface area contributed by atoms with Gasteiger partial charge in [-0.1, -0.05) is 18.2 Å². The molecular weight excluding hydrogens is 246 g/mol. The molecule has 2 rings (SSSR count). The molecule has 0 heterocycles. The maximum Gasteiger partial charge on any atom is 0.311 e. The molecule has 0 saturated carbocycles. The monoisotopic (exact) mass is 259 g/mol. The summed E-state index contributed by atoms with van der Waals surface area (Å²) in [5, 5.41) is 20.2. The lowest BCUT2D eigenvalue weighted by atomic mass is 10.0. The first-order valence-corrected chi connectivity index (χ1v) is 5.82. The van der Waals surface area contributed by atoms with Gasteiger partial charge in [-0.15, -0.1) is 0 Å². The fourth-order valence-corrected chi connectivity index (χ4v) is 1.78. The molecule has 5 nitrogen and oxygen atoms in total. The molecule has 0 bridgehead atoms. The van der Waals surface area contributed by atoms with Gasteiger partial charge in [0, 0.05) is 6.07 Å². The molecule has 5 heteroatoms. The first-order chi connectivity index (χ1) is 9.11. The van der Waals surface area contributed by atoms with E-state index in [0.717, 1.165) is 5.56 Å². The summed E-state index contributed by atoms with van der Waals surface area (Å²) in [6.45, 7) is 2.44. The summed E-state index contributed by atoms with van der Waals surface area (Å²) in [5.74, 6) is 0.366. The zero-order valence-electron chi connectivity index (χ0n) is 10.4. The van der Waals surface area contributed by atoms with Crippen LogP contribution in [0.15, 0.2) is 42.5 Å². The van der Waals surface area contributed by atoms with Gasteiger partial charge < -0.3 is 9.84 Å². The Morgan fingerprint density at radius 1 is 1.21 bits per heavy atom. The summed E-state index contributed by atoms with van der Waals surface area (Å²) in [7, 11) is 0. The van der Waals surface area contributed by atoms with Crippen LogP contribution in [0, 0.1) is 10.1 Å². The van der Waals surface area contributed by atoms with Gasteiger partial charge in [-0.05, 0) is 36.2 Å². The average molecular weight is 259 g/mol. The van der Waals surface area contributed by atoms with Crippen molar-refractivity contribution in [3.05, 3.63) is 52.6 Å². The molecule has 0 atom stereocenters. The van der Waals surface area contributed by atoms with E-state index in [-0.39, 0.29) is 11.4 Å². The zero-order chi connectivity index (χ0) is 13.8. The van der Waals surface area contributed by atoms with Gasteiger partial charge in [0.15, 0.2) is 5.75 Å². The molecule has 0 radical (unpaired) electrons. The second-order valence-corrected chi connectivity index (χ2v) is 3.92. The molecule has 19 heavy (non-hydrogen) atoms. The highest BCUT2D eigenvalue weighted by Gasteiger charge is 2.14. The van der Waals surface area contributed by atoms with Crippen molar-refractivity contribution in [2.45, 2.75) is 6.92 Å². The van der Waals surface area contributed by atoms with E-state index in [9.17, 15) is 15.2 Å². The highest BCUT2D eigenvalue weighted by atomic mass is 16.6. The van der Waals surface area contributed by atoms with Crippen LogP contribution in [0.3, 0.4) is 0 Å². The number of ether oxygens (including phenoxy) is 1. The Labute approximate surface area is 110 Å². The third-order valence-electron chi connectivity index (χ3n) is 2.65. The molecule has 2 aromatic carbocycles. The van der Waals surface area contributed by atoms with Crippen LogP contribution < -0.4 is 4.74 Å². The molecule has 98 valence electrons. The number of hydrogen-bond donors (Lipinski definition) is 1. The minimum Gasteiger partial charge on any atom is -0.502 e. The van der Waals surface area contributed by atoms with Gasteiger partial charge in [0.05, 0.1) is 11.5 Å². The van der Waals surface area contributed by atoms with Crippen molar-refractivity contribution in [1.29, 1.82) is 0 Å². The minimum absolute atomic E-state index is 0.306. The predicted molar refractivity (Wildman–Crippen MR) is 71.4 cm³/mol. The smallest absolute Gasteiger partial charge is 0.311 e. The van der Waals surface area contributed by atoms with Gasteiger partial charge in [0.25, 0.3) is 0 Å². The van der Waals surface area contributed by atoms with E-state index in [1.165, 1.54) is 12.1 Å². The van der Waals surface area contributed by atoms with Gasteiger partial charge in [0.1, 0.15) is 5.75 Å². The molecular formula is C14H13NO4. The van der Waals surface area contributed by atoms with Gasteiger partial charge in [-0.2, -0.15) is 0 Å². The second-order valence-electron chi connectivity index (χ2n) is 3.92. The van der Waals surface area contributed by atoms with Crippen molar-refractivity contribution >= 4 is 5.69 Å². The largest absolute Gasteiger partial charge is 0.502 e. The Balaban J connectivity index is 2.44. The molecule has 1 N–H and O–H groups in total. The summed E-state index contributed by atoms with van der Waals surface area (Å²) < 4.78 is 5.39. The van der Waals surface area contributed by atoms with Gasteiger partial charge in [0.2, 0.25) is 0 Å². The van der Waals surface area contributed by atoms with Crippen LogP contribution in [0.1, 0.15) is 6.92 Å². The van der Waals surface area contributed by atoms with Crippen LogP contribution in [-0.4, -0.2) is 16.6 Å². The number of phenols is 1. The zero-order valence-corrected chi connectivity index (χ0v) is 10.4. The van der Waals surface area contributed by atoms with Crippen LogP contribution in [0.5, 0.6) is 11.5 Å². The molecule has 2 aromatic rings. The lowest BCUT2D eigenvalue weighted by Gasteiger charge is -2.06. The fourth-order valence-electron chi connectivity index (χ4n) is 1.78. The third kappa shape index (κ3) is 2.82. The normalized spacial score (nSPS) is 10.2. The molecule has 0 unspecified atom stereocenters. The van der Waals surface area contributed by atoms with Crippen molar-refractivity contribution in [2.75, 3.05) is 6.61 Å². The SMILES string of the molecule is CCOc1cccc(-c2ccc(O)c([N+](=O)[O-])c2)c1.